The summed E-state index contributed by atoms with van der Waals surface area (Å²) in [5.74, 6) is 0.694. The molecule has 0 fully saturated rings. The van der Waals surface area contributed by atoms with Crippen molar-refractivity contribution in [3.63, 3.8) is 0 Å². The van der Waals surface area contributed by atoms with Crippen LogP contribution in [0.5, 0.6) is 0 Å². The average Bonchev–Trinajstić information content (AvgIpc) is 2.27. The molecule has 2 atom stereocenters. The lowest BCUT2D eigenvalue weighted by Crippen LogP contribution is -2.11. The fourth-order valence-electron chi connectivity index (χ4n) is 1.85. The van der Waals surface area contributed by atoms with Gasteiger partial charge in [0.25, 0.3) is 0 Å². The summed E-state index contributed by atoms with van der Waals surface area (Å²) < 4.78 is 0. The summed E-state index contributed by atoms with van der Waals surface area (Å²) in [5, 5.41) is 0.152. The van der Waals surface area contributed by atoms with Crippen LogP contribution >= 0.6 is 11.6 Å². The second-order valence-electron chi connectivity index (χ2n) is 6.09. The lowest BCUT2D eigenvalue weighted by molar-refractivity contribution is 0.508. The molecule has 17 heavy (non-hydrogen) atoms. The largest absolute Gasteiger partial charge is 0.118 e. The van der Waals surface area contributed by atoms with Crippen LogP contribution in [0, 0.1) is 5.92 Å². The van der Waals surface area contributed by atoms with Crippen molar-refractivity contribution in [3.05, 3.63) is 35.4 Å². The maximum Gasteiger partial charge on any atom is 0.0587 e. The predicted octanol–water partition coefficient (Wildman–Crippen LogP) is 5.70. The van der Waals surface area contributed by atoms with Crippen LogP contribution in [0.4, 0.5) is 0 Å². The zero-order valence-electron chi connectivity index (χ0n) is 11.8. The van der Waals surface area contributed by atoms with E-state index < -0.39 is 0 Å². The summed E-state index contributed by atoms with van der Waals surface area (Å²) in [7, 11) is 0. The maximum atomic E-state index is 6.45. The Bertz CT molecular complexity index is 332. The molecule has 1 aromatic carbocycles. The van der Waals surface area contributed by atoms with Gasteiger partial charge >= 0.3 is 0 Å². The van der Waals surface area contributed by atoms with Crippen molar-refractivity contribution in [3.8, 4) is 0 Å². The number of halogens is 1. The topological polar surface area (TPSA) is 0 Å². The van der Waals surface area contributed by atoms with Crippen molar-refractivity contribution in [1.29, 1.82) is 0 Å². The second-order valence-corrected chi connectivity index (χ2v) is 6.62. The van der Waals surface area contributed by atoms with Gasteiger partial charge in [-0.3, -0.25) is 0 Å². The van der Waals surface area contributed by atoms with Gasteiger partial charge in [-0.1, -0.05) is 65.3 Å². The van der Waals surface area contributed by atoms with E-state index in [1.807, 2.05) is 0 Å². The Morgan fingerprint density at radius 1 is 1.12 bits per heavy atom. The van der Waals surface area contributed by atoms with Crippen molar-refractivity contribution in [2.75, 3.05) is 0 Å². The standard InChI is InChI=1S/C16H25Cl/c1-6-12(2)11-15(17)13-7-9-14(10-8-13)16(3,4)5/h7-10,12,15H,6,11H2,1-5H3. The first kappa shape index (κ1) is 14.6. The first-order valence-corrected chi connectivity index (χ1v) is 7.02. The monoisotopic (exact) mass is 252 g/mol. The zero-order chi connectivity index (χ0) is 13.1. The van der Waals surface area contributed by atoms with Gasteiger partial charge in [-0.15, -0.1) is 11.6 Å². The molecule has 1 heteroatoms. The van der Waals surface area contributed by atoms with Crippen LogP contribution in [0.15, 0.2) is 24.3 Å². The van der Waals surface area contributed by atoms with Gasteiger partial charge in [-0.05, 0) is 28.9 Å². The van der Waals surface area contributed by atoms with Crippen molar-refractivity contribution in [2.45, 2.75) is 58.3 Å². The van der Waals surface area contributed by atoms with Crippen LogP contribution in [0.2, 0.25) is 0 Å². The third kappa shape index (κ3) is 4.35. The lowest BCUT2D eigenvalue weighted by Gasteiger charge is -2.20. The molecule has 0 aliphatic heterocycles. The molecule has 1 rings (SSSR count). The SMILES string of the molecule is CCC(C)CC(Cl)c1ccc(C(C)(C)C)cc1. The van der Waals surface area contributed by atoms with Gasteiger partial charge in [0.1, 0.15) is 0 Å². The highest BCUT2D eigenvalue weighted by Crippen LogP contribution is 2.30. The molecule has 0 saturated carbocycles. The van der Waals surface area contributed by atoms with Gasteiger partial charge < -0.3 is 0 Å². The van der Waals surface area contributed by atoms with Gasteiger partial charge in [0, 0.05) is 0 Å². The van der Waals surface area contributed by atoms with Crippen molar-refractivity contribution < 1.29 is 0 Å². The molecule has 0 aliphatic rings. The van der Waals surface area contributed by atoms with Crippen LogP contribution in [-0.4, -0.2) is 0 Å². The number of hydrogen-bond acceptors (Lipinski definition) is 0. The minimum absolute atomic E-state index is 0.152. The van der Waals surface area contributed by atoms with E-state index in [9.17, 15) is 0 Å². The Morgan fingerprint density at radius 3 is 2.06 bits per heavy atom. The van der Waals surface area contributed by atoms with E-state index in [-0.39, 0.29) is 10.8 Å². The highest BCUT2D eigenvalue weighted by atomic mass is 35.5. The quantitative estimate of drug-likeness (QED) is 0.603. The molecule has 0 aliphatic carbocycles. The minimum Gasteiger partial charge on any atom is -0.118 e. The molecule has 0 radical (unpaired) electrons. The Balaban J connectivity index is 2.74. The molecule has 2 unspecified atom stereocenters. The Hall–Kier alpha value is -0.490. The van der Waals surface area contributed by atoms with Crippen LogP contribution < -0.4 is 0 Å². The zero-order valence-corrected chi connectivity index (χ0v) is 12.5. The average molecular weight is 253 g/mol. The van der Waals surface area contributed by atoms with E-state index >= 15 is 0 Å². The van der Waals surface area contributed by atoms with Crippen LogP contribution in [0.1, 0.15) is 64.0 Å². The summed E-state index contributed by atoms with van der Waals surface area (Å²) in [5.41, 5.74) is 2.84. The normalized spacial score (nSPS) is 15.6. The summed E-state index contributed by atoms with van der Waals surface area (Å²) in [6.07, 6.45) is 2.26. The molecule has 96 valence electrons. The molecule has 1 aromatic rings. The number of benzene rings is 1. The van der Waals surface area contributed by atoms with Gasteiger partial charge in [0.2, 0.25) is 0 Å². The number of alkyl halides is 1. The van der Waals surface area contributed by atoms with E-state index in [4.69, 9.17) is 11.6 Å². The van der Waals surface area contributed by atoms with Gasteiger partial charge in [-0.25, -0.2) is 0 Å². The summed E-state index contributed by atoms with van der Waals surface area (Å²) >= 11 is 6.45. The first-order valence-electron chi connectivity index (χ1n) is 6.59. The molecular weight excluding hydrogens is 228 g/mol. The highest BCUT2D eigenvalue weighted by molar-refractivity contribution is 6.20. The molecule has 0 bridgehead atoms. The molecule has 0 aromatic heterocycles. The minimum atomic E-state index is 0.152. The Kier molecular flexibility index (Phi) is 5.06. The number of hydrogen-bond donors (Lipinski definition) is 0. The van der Waals surface area contributed by atoms with Crippen molar-refractivity contribution in [1.82, 2.24) is 0 Å². The Labute approximate surface area is 111 Å². The number of rotatable bonds is 4. The summed E-state index contributed by atoms with van der Waals surface area (Å²) in [4.78, 5) is 0. The van der Waals surface area contributed by atoms with Crippen LogP contribution in [0.25, 0.3) is 0 Å². The van der Waals surface area contributed by atoms with Gasteiger partial charge in [-0.2, -0.15) is 0 Å². The van der Waals surface area contributed by atoms with Gasteiger partial charge in [0.05, 0.1) is 5.38 Å². The molecule has 0 nitrogen and oxygen atoms in total. The van der Waals surface area contributed by atoms with Crippen LogP contribution in [0.3, 0.4) is 0 Å². The fourth-order valence-corrected chi connectivity index (χ4v) is 2.30. The molecular formula is C16H25Cl. The highest BCUT2D eigenvalue weighted by Gasteiger charge is 2.15. The molecule has 0 heterocycles. The van der Waals surface area contributed by atoms with Crippen molar-refractivity contribution in [2.24, 2.45) is 5.92 Å². The fraction of sp³-hybridized carbons (Fsp3) is 0.625. The third-order valence-corrected chi connectivity index (χ3v) is 3.87. The maximum absolute atomic E-state index is 6.45. The van der Waals surface area contributed by atoms with Crippen LogP contribution in [-0.2, 0) is 5.41 Å². The van der Waals surface area contributed by atoms with E-state index in [1.165, 1.54) is 17.5 Å². The smallest absolute Gasteiger partial charge is 0.0587 e. The Morgan fingerprint density at radius 2 is 1.65 bits per heavy atom. The summed E-state index contributed by atoms with van der Waals surface area (Å²) in [6.45, 7) is 11.2. The predicted molar refractivity (Wildman–Crippen MR) is 77.8 cm³/mol. The lowest BCUT2D eigenvalue weighted by atomic mass is 9.86. The third-order valence-electron chi connectivity index (χ3n) is 3.44. The molecule has 0 amide bonds. The van der Waals surface area contributed by atoms with Gasteiger partial charge in [0.15, 0.2) is 0 Å². The molecule has 0 saturated heterocycles. The first-order chi connectivity index (χ1) is 7.84. The molecule has 0 spiro atoms. The summed E-state index contributed by atoms with van der Waals surface area (Å²) in [6, 6.07) is 8.78. The molecule has 0 N–H and O–H groups in total. The second kappa shape index (κ2) is 5.91. The van der Waals surface area contributed by atoms with E-state index in [0.29, 0.717) is 5.92 Å². The van der Waals surface area contributed by atoms with E-state index in [0.717, 1.165) is 6.42 Å². The van der Waals surface area contributed by atoms with E-state index in [2.05, 4.69) is 58.9 Å². The van der Waals surface area contributed by atoms with Crippen molar-refractivity contribution >= 4 is 11.6 Å². The van der Waals surface area contributed by atoms with E-state index in [1.54, 1.807) is 0 Å².